The fourth-order valence-corrected chi connectivity index (χ4v) is 3.38. The SMILES string of the molecule is CCCOc1ccc(/C=C/C(=O)Nc2nc(-c3ccc(F)cc3)c(C)s2)cc1. The molecule has 0 radical (unpaired) electrons. The molecule has 1 amide bonds. The Morgan fingerprint density at radius 1 is 1.18 bits per heavy atom. The zero-order chi connectivity index (χ0) is 19.9. The van der Waals surface area contributed by atoms with Crippen molar-refractivity contribution in [1.29, 1.82) is 0 Å². The van der Waals surface area contributed by atoms with Gasteiger partial charge in [-0.3, -0.25) is 10.1 Å². The Morgan fingerprint density at radius 3 is 2.57 bits per heavy atom. The van der Waals surface area contributed by atoms with Crippen molar-refractivity contribution in [2.45, 2.75) is 20.3 Å². The van der Waals surface area contributed by atoms with E-state index in [1.54, 1.807) is 18.2 Å². The van der Waals surface area contributed by atoms with E-state index in [1.807, 2.05) is 31.2 Å². The van der Waals surface area contributed by atoms with Gasteiger partial charge in [0, 0.05) is 16.5 Å². The number of nitrogens with zero attached hydrogens (tertiary/aromatic N) is 1. The number of ether oxygens (including phenoxy) is 1. The Bertz CT molecular complexity index is 963. The molecule has 6 heteroatoms. The molecule has 0 fully saturated rings. The van der Waals surface area contributed by atoms with Gasteiger partial charge in [0.05, 0.1) is 12.3 Å². The topological polar surface area (TPSA) is 51.2 Å². The van der Waals surface area contributed by atoms with Gasteiger partial charge in [-0.25, -0.2) is 9.37 Å². The Balaban J connectivity index is 1.62. The monoisotopic (exact) mass is 396 g/mol. The van der Waals surface area contributed by atoms with Crippen LogP contribution in [0.15, 0.2) is 54.6 Å². The van der Waals surface area contributed by atoms with E-state index in [0.29, 0.717) is 11.7 Å². The molecule has 3 aromatic rings. The fourth-order valence-electron chi connectivity index (χ4n) is 2.54. The number of carbonyl (C=O) groups is 1. The molecule has 0 spiro atoms. The number of hydrogen-bond acceptors (Lipinski definition) is 4. The van der Waals surface area contributed by atoms with E-state index in [0.717, 1.165) is 33.9 Å². The number of halogens is 1. The summed E-state index contributed by atoms with van der Waals surface area (Å²) in [6.45, 7) is 4.66. The molecule has 4 nitrogen and oxygen atoms in total. The van der Waals surface area contributed by atoms with Crippen molar-refractivity contribution in [3.63, 3.8) is 0 Å². The molecule has 144 valence electrons. The Hall–Kier alpha value is -2.99. The summed E-state index contributed by atoms with van der Waals surface area (Å²) < 4.78 is 18.6. The number of thiazole rings is 1. The van der Waals surface area contributed by atoms with Gasteiger partial charge < -0.3 is 4.74 Å². The molecule has 0 saturated carbocycles. The van der Waals surface area contributed by atoms with Crippen molar-refractivity contribution in [3.8, 4) is 17.0 Å². The van der Waals surface area contributed by atoms with E-state index >= 15 is 0 Å². The number of rotatable bonds is 7. The van der Waals surface area contributed by atoms with E-state index in [2.05, 4.69) is 17.2 Å². The summed E-state index contributed by atoms with van der Waals surface area (Å²) in [5.74, 6) is 0.265. The van der Waals surface area contributed by atoms with Gasteiger partial charge in [0.1, 0.15) is 11.6 Å². The third-order valence-corrected chi connectivity index (χ3v) is 4.81. The normalized spacial score (nSPS) is 11.0. The van der Waals surface area contributed by atoms with Crippen molar-refractivity contribution in [3.05, 3.63) is 70.9 Å². The van der Waals surface area contributed by atoms with Crippen LogP contribution in [0.2, 0.25) is 0 Å². The van der Waals surface area contributed by atoms with E-state index in [-0.39, 0.29) is 11.7 Å². The Kier molecular flexibility index (Phi) is 6.55. The average molecular weight is 396 g/mol. The number of hydrogen-bond donors (Lipinski definition) is 1. The molecule has 0 aliphatic carbocycles. The van der Waals surface area contributed by atoms with Crippen LogP contribution in [0.4, 0.5) is 9.52 Å². The lowest BCUT2D eigenvalue weighted by Gasteiger charge is -2.04. The molecule has 1 N–H and O–H groups in total. The second-order valence-corrected chi connectivity index (χ2v) is 7.37. The smallest absolute Gasteiger partial charge is 0.250 e. The highest BCUT2D eigenvalue weighted by atomic mass is 32.1. The van der Waals surface area contributed by atoms with Gasteiger partial charge in [-0.05, 0) is 61.4 Å². The number of amides is 1. The van der Waals surface area contributed by atoms with Crippen LogP contribution in [0, 0.1) is 12.7 Å². The maximum absolute atomic E-state index is 13.1. The van der Waals surface area contributed by atoms with Crippen LogP contribution in [-0.2, 0) is 4.79 Å². The van der Waals surface area contributed by atoms with Crippen LogP contribution in [0.25, 0.3) is 17.3 Å². The Morgan fingerprint density at radius 2 is 1.89 bits per heavy atom. The minimum absolute atomic E-state index is 0.259. The summed E-state index contributed by atoms with van der Waals surface area (Å²) in [5, 5.41) is 3.29. The highest BCUT2D eigenvalue weighted by Gasteiger charge is 2.11. The maximum atomic E-state index is 13.1. The van der Waals surface area contributed by atoms with Crippen molar-refractivity contribution < 1.29 is 13.9 Å². The van der Waals surface area contributed by atoms with E-state index in [4.69, 9.17) is 4.74 Å². The first-order chi connectivity index (χ1) is 13.5. The summed E-state index contributed by atoms with van der Waals surface area (Å²) in [4.78, 5) is 17.6. The first-order valence-electron chi connectivity index (χ1n) is 9.00. The van der Waals surface area contributed by atoms with Crippen LogP contribution in [0.5, 0.6) is 5.75 Å². The molecule has 0 saturated heterocycles. The molecule has 1 heterocycles. The van der Waals surface area contributed by atoms with Crippen molar-refractivity contribution >= 4 is 28.5 Å². The standard InChI is InChI=1S/C22H21FN2O2S/c1-3-14-27-19-11-4-16(5-12-19)6-13-20(26)24-22-25-21(15(2)28-22)17-7-9-18(23)10-8-17/h4-13H,3,14H2,1-2H3,(H,24,25,26)/b13-6+. The lowest BCUT2D eigenvalue weighted by atomic mass is 10.1. The molecule has 1 aromatic heterocycles. The highest BCUT2D eigenvalue weighted by molar-refractivity contribution is 7.16. The predicted molar refractivity (Wildman–Crippen MR) is 112 cm³/mol. The molecule has 0 bridgehead atoms. The molecule has 28 heavy (non-hydrogen) atoms. The lowest BCUT2D eigenvalue weighted by Crippen LogP contribution is -2.07. The summed E-state index contributed by atoms with van der Waals surface area (Å²) in [6.07, 6.45) is 4.16. The van der Waals surface area contributed by atoms with Crippen molar-refractivity contribution in [2.24, 2.45) is 0 Å². The number of aromatic nitrogens is 1. The van der Waals surface area contributed by atoms with Gasteiger partial charge in [0.15, 0.2) is 5.13 Å². The number of anilines is 1. The van der Waals surface area contributed by atoms with Crippen LogP contribution in [0.3, 0.4) is 0 Å². The summed E-state index contributed by atoms with van der Waals surface area (Å²) in [5.41, 5.74) is 2.46. The van der Waals surface area contributed by atoms with Crippen LogP contribution in [-0.4, -0.2) is 17.5 Å². The zero-order valence-electron chi connectivity index (χ0n) is 15.7. The van der Waals surface area contributed by atoms with E-state index < -0.39 is 0 Å². The minimum atomic E-state index is -0.291. The summed E-state index contributed by atoms with van der Waals surface area (Å²) >= 11 is 1.39. The molecule has 2 aromatic carbocycles. The number of nitrogens with one attached hydrogen (secondary N) is 1. The molecule has 0 atom stereocenters. The van der Waals surface area contributed by atoms with Gasteiger partial charge >= 0.3 is 0 Å². The summed E-state index contributed by atoms with van der Waals surface area (Å²) in [7, 11) is 0. The molecule has 0 unspecified atom stereocenters. The molecule has 3 rings (SSSR count). The molecule has 0 aliphatic rings. The van der Waals surface area contributed by atoms with Crippen LogP contribution < -0.4 is 10.1 Å². The fraction of sp³-hybridized carbons (Fsp3) is 0.182. The van der Waals surface area contributed by atoms with E-state index in [9.17, 15) is 9.18 Å². The van der Waals surface area contributed by atoms with Crippen LogP contribution >= 0.6 is 11.3 Å². The van der Waals surface area contributed by atoms with Crippen molar-refractivity contribution in [1.82, 2.24) is 4.98 Å². The van der Waals surface area contributed by atoms with Crippen LogP contribution in [0.1, 0.15) is 23.8 Å². The molecule has 0 aliphatic heterocycles. The number of carbonyl (C=O) groups excluding carboxylic acids is 1. The first kappa shape index (κ1) is 19.8. The first-order valence-corrected chi connectivity index (χ1v) is 9.82. The molecular weight excluding hydrogens is 375 g/mol. The zero-order valence-corrected chi connectivity index (χ0v) is 16.6. The maximum Gasteiger partial charge on any atom is 0.250 e. The highest BCUT2D eigenvalue weighted by Crippen LogP contribution is 2.30. The van der Waals surface area contributed by atoms with Gasteiger partial charge in [-0.15, -0.1) is 11.3 Å². The average Bonchev–Trinajstić information content (AvgIpc) is 3.06. The van der Waals surface area contributed by atoms with E-state index in [1.165, 1.54) is 29.5 Å². The largest absolute Gasteiger partial charge is 0.494 e. The lowest BCUT2D eigenvalue weighted by molar-refractivity contribution is -0.111. The number of aryl methyl sites for hydroxylation is 1. The quantitative estimate of drug-likeness (QED) is 0.521. The number of benzene rings is 2. The van der Waals surface area contributed by atoms with Gasteiger partial charge in [0.25, 0.3) is 0 Å². The second-order valence-electron chi connectivity index (χ2n) is 6.17. The predicted octanol–water partition coefficient (Wildman–Crippen LogP) is 5.70. The minimum Gasteiger partial charge on any atom is -0.494 e. The Labute approximate surface area is 167 Å². The molecular formula is C22H21FN2O2S. The second kappa shape index (κ2) is 9.28. The third kappa shape index (κ3) is 5.27. The van der Waals surface area contributed by atoms with Gasteiger partial charge in [0.2, 0.25) is 5.91 Å². The summed E-state index contributed by atoms with van der Waals surface area (Å²) in [6, 6.07) is 13.7. The third-order valence-electron chi connectivity index (χ3n) is 3.92. The van der Waals surface area contributed by atoms with Gasteiger partial charge in [-0.1, -0.05) is 19.1 Å². The van der Waals surface area contributed by atoms with Crippen molar-refractivity contribution in [2.75, 3.05) is 11.9 Å². The van der Waals surface area contributed by atoms with Gasteiger partial charge in [-0.2, -0.15) is 0 Å².